The highest BCUT2D eigenvalue weighted by molar-refractivity contribution is 9.10. The molecule has 1 fully saturated rings. The number of benzene rings is 2. The Morgan fingerprint density at radius 2 is 2.04 bits per heavy atom. The molecule has 1 heterocycles. The van der Waals surface area contributed by atoms with Gasteiger partial charge in [-0.25, -0.2) is 0 Å². The molecule has 2 amide bonds. The van der Waals surface area contributed by atoms with E-state index in [9.17, 15) is 14.7 Å². The van der Waals surface area contributed by atoms with Crippen LogP contribution >= 0.6 is 15.9 Å². The lowest BCUT2D eigenvalue weighted by atomic mass is 9.98. The van der Waals surface area contributed by atoms with Crippen molar-refractivity contribution in [3.05, 3.63) is 63.6 Å². The quantitative estimate of drug-likeness (QED) is 0.773. The van der Waals surface area contributed by atoms with Crippen molar-refractivity contribution in [3.63, 3.8) is 0 Å². The predicted octanol–water partition coefficient (Wildman–Crippen LogP) is 3.85. The third-order valence-electron chi connectivity index (χ3n) is 4.88. The van der Waals surface area contributed by atoms with Crippen LogP contribution in [-0.4, -0.2) is 41.5 Å². The highest BCUT2D eigenvalue weighted by atomic mass is 79.9. The van der Waals surface area contributed by atoms with Gasteiger partial charge in [0.2, 0.25) is 0 Å². The largest absolute Gasteiger partial charge is 0.396 e. The van der Waals surface area contributed by atoms with Crippen LogP contribution in [0.15, 0.2) is 46.9 Å². The Morgan fingerprint density at radius 3 is 2.78 bits per heavy atom. The fraction of sp³-hybridized carbons (Fsp3) is 0.333. The van der Waals surface area contributed by atoms with E-state index in [1.54, 1.807) is 29.2 Å². The Bertz CT molecular complexity index is 833. The Kier molecular flexibility index (Phi) is 6.29. The first-order valence-electron chi connectivity index (χ1n) is 9.06. The van der Waals surface area contributed by atoms with Gasteiger partial charge in [0.15, 0.2) is 0 Å². The number of aliphatic hydroxyl groups is 1. The molecule has 2 aromatic carbocycles. The van der Waals surface area contributed by atoms with E-state index in [2.05, 4.69) is 21.2 Å². The van der Waals surface area contributed by atoms with Crippen molar-refractivity contribution in [2.24, 2.45) is 5.92 Å². The second-order valence-corrected chi connectivity index (χ2v) is 7.76. The van der Waals surface area contributed by atoms with Crippen LogP contribution in [0.4, 0.5) is 5.69 Å². The number of anilines is 1. The zero-order chi connectivity index (χ0) is 19.4. The maximum atomic E-state index is 12.8. The third-order valence-corrected chi connectivity index (χ3v) is 5.54. The van der Waals surface area contributed by atoms with Crippen molar-refractivity contribution >= 4 is 33.4 Å². The van der Waals surface area contributed by atoms with Gasteiger partial charge in [0, 0.05) is 35.4 Å². The van der Waals surface area contributed by atoms with Crippen LogP contribution in [-0.2, 0) is 0 Å². The van der Waals surface area contributed by atoms with E-state index in [0.29, 0.717) is 29.9 Å². The van der Waals surface area contributed by atoms with Crippen LogP contribution in [0, 0.1) is 12.8 Å². The first-order valence-corrected chi connectivity index (χ1v) is 9.85. The lowest BCUT2D eigenvalue weighted by molar-refractivity contribution is 0.0620. The van der Waals surface area contributed by atoms with Gasteiger partial charge in [-0.15, -0.1) is 0 Å². The van der Waals surface area contributed by atoms with Gasteiger partial charge in [-0.1, -0.05) is 18.2 Å². The SMILES string of the molecule is Cc1cccc(Br)c1C(=O)Nc1cccc(C(=O)N2CCCC(CO)C2)c1. The van der Waals surface area contributed by atoms with E-state index in [0.717, 1.165) is 22.9 Å². The maximum absolute atomic E-state index is 12.8. The number of rotatable bonds is 4. The normalized spacial score (nSPS) is 16.9. The molecule has 0 radical (unpaired) electrons. The molecule has 142 valence electrons. The molecule has 5 nitrogen and oxygen atoms in total. The molecule has 27 heavy (non-hydrogen) atoms. The Hall–Kier alpha value is -2.18. The van der Waals surface area contributed by atoms with Gasteiger partial charge in [-0.05, 0) is 71.4 Å². The predicted molar refractivity (Wildman–Crippen MR) is 109 cm³/mol. The molecule has 2 aromatic rings. The van der Waals surface area contributed by atoms with Crippen LogP contribution in [0.2, 0.25) is 0 Å². The molecule has 3 rings (SSSR count). The molecule has 0 spiro atoms. The lowest BCUT2D eigenvalue weighted by Gasteiger charge is -2.32. The van der Waals surface area contributed by atoms with Crippen LogP contribution in [0.25, 0.3) is 0 Å². The van der Waals surface area contributed by atoms with Crippen molar-refractivity contribution in [2.75, 3.05) is 25.0 Å². The van der Waals surface area contributed by atoms with Crippen molar-refractivity contribution in [3.8, 4) is 0 Å². The number of amides is 2. The number of halogens is 1. The van der Waals surface area contributed by atoms with E-state index >= 15 is 0 Å². The molecule has 0 aliphatic carbocycles. The van der Waals surface area contributed by atoms with Gasteiger partial charge in [-0.2, -0.15) is 0 Å². The van der Waals surface area contributed by atoms with Crippen LogP contribution in [0.5, 0.6) is 0 Å². The van der Waals surface area contributed by atoms with E-state index in [-0.39, 0.29) is 24.3 Å². The number of aliphatic hydroxyl groups excluding tert-OH is 1. The van der Waals surface area contributed by atoms with Crippen molar-refractivity contribution in [1.29, 1.82) is 0 Å². The molecule has 6 heteroatoms. The fourth-order valence-electron chi connectivity index (χ4n) is 3.42. The van der Waals surface area contributed by atoms with Crippen LogP contribution < -0.4 is 5.32 Å². The van der Waals surface area contributed by atoms with E-state index in [4.69, 9.17) is 0 Å². The summed E-state index contributed by atoms with van der Waals surface area (Å²) in [5, 5.41) is 12.2. The number of piperidine rings is 1. The van der Waals surface area contributed by atoms with Gasteiger partial charge in [0.1, 0.15) is 0 Å². The fourth-order valence-corrected chi connectivity index (χ4v) is 4.07. The molecular formula is C21H23BrN2O3. The maximum Gasteiger partial charge on any atom is 0.257 e. The van der Waals surface area contributed by atoms with Gasteiger partial charge in [-0.3, -0.25) is 9.59 Å². The summed E-state index contributed by atoms with van der Waals surface area (Å²) in [6.07, 6.45) is 1.84. The Balaban J connectivity index is 1.75. The standard InChI is InChI=1S/C21H23BrN2O3/c1-14-5-2-9-18(22)19(14)20(26)23-17-8-3-7-16(11-17)21(27)24-10-4-6-15(12-24)13-25/h2-3,5,7-9,11,15,25H,4,6,10,12-13H2,1H3,(H,23,26). The number of aryl methyl sites for hydroxylation is 1. The van der Waals surface area contributed by atoms with Gasteiger partial charge < -0.3 is 15.3 Å². The lowest BCUT2D eigenvalue weighted by Crippen LogP contribution is -2.40. The molecule has 2 N–H and O–H groups in total. The number of carbonyl (C=O) groups is 2. The van der Waals surface area contributed by atoms with E-state index < -0.39 is 0 Å². The molecule has 0 bridgehead atoms. The average Bonchev–Trinajstić information content (AvgIpc) is 2.67. The summed E-state index contributed by atoms with van der Waals surface area (Å²) < 4.78 is 0.732. The van der Waals surface area contributed by atoms with E-state index in [1.807, 2.05) is 25.1 Å². The highest BCUT2D eigenvalue weighted by Crippen LogP contribution is 2.23. The number of hydrogen-bond donors (Lipinski definition) is 2. The summed E-state index contributed by atoms with van der Waals surface area (Å²) in [5.41, 5.74) is 2.57. The minimum absolute atomic E-state index is 0.0682. The smallest absolute Gasteiger partial charge is 0.257 e. The minimum Gasteiger partial charge on any atom is -0.396 e. The summed E-state index contributed by atoms with van der Waals surface area (Å²) in [5.74, 6) is -0.145. The zero-order valence-electron chi connectivity index (χ0n) is 15.2. The van der Waals surface area contributed by atoms with E-state index in [1.165, 1.54) is 0 Å². The molecular weight excluding hydrogens is 408 g/mol. The molecule has 1 unspecified atom stereocenters. The highest BCUT2D eigenvalue weighted by Gasteiger charge is 2.24. The Labute approximate surface area is 167 Å². The van der Waals surface area contributed by atoms with Crippen LogP contribution in [0.1, 0.15) is 39.1 Å². The molecule has 1 atom stereocenters. The number of carbonyl (C=O) groups excluding carboxylic acids is 2. The molecule has 0 saturated carbocycles. The van der Waals surface area contributed by atoms with Gasteiger partial charge >= 0.3 is 0 Å². The van der Waals surface area contributed by atoms with Crippen molar-refractivity contribution < 1.29 is 14.7 Å². The second kappa shape index (κ2) is 8.67. The molecule has 1 saturated heterocycles. The second-order valence-electron chi connectivity index (χ2n) is 6.91. The molecule has 1 aliphatic rings. The first-order chi connectivity index (χ1) is 13.0. The summed E-state index contributed by atoms with van der Waals surface area (Å²) in [7, 11) is 0. The zero-order valence-corrected chi connectivity index (χ0v) is 16.8. The van der Waals surface area contributed by atoms with Gasteiger partial charge in [0.25, 0.3) is 11.8 Å². The van der Waals surface area contributed by atoms with Crippen LogP contribution in [0.3, 0.4) is 0 Å². The number of hydrogen-bond acceptors (Lipinski definition) is 3. The molecule has 0 aromatic heterocycles. The summed E-state index contributed by atoms with van der Waals surface area (Å²) >= 11 is 3.42. The summed E-state index contributed by atoms with van der Waals surface area (Å²) in [4.78, 5) is 27.2. The first kappa shape index (κ1) is 19.6. The van der Waals surface area contributed by atoms with Crippen molar-refractivity contribution in [1.82, 2.24) is 4.90 Å². The summed E-state index contributed by atoms with van der Waals surface area (Å²) in [6, 6.07) is 12.6. The average molecular weight is 431 g/mol. The monoisotopic (exact) mass is 430 g/mol. The Morgan fingerprint density at radius 1 is 1.26 bits per heavy atom. The number of nitrogens with one attached hydrogen (secondary N) is 1. The van der Waals surface area contributed by atoms with Gasteiger partial charge in [0.05, 0.1) is 5.56 Å². The topological polar surface area (TPSA) is 69.6 Å². The molecule has 1 aliphatic heterocycles. The third kappa shape index (κ3) is 4.57. The number of nitrogens with zero attached hydrogens (tertiary/aromatic N) is 1. The summed E-state index contributed by atoms with van der Waals surface area (Å²) in [6.45, 7) is 3.25. The minimum atomic E-state index is -0.220. The van der Waals surface area contributed by atoms with Crippen molar-refractivity contribution in [2.45, 2.75) is 19.8 Å². The number of likely N-dealkylation sites (tertiary alicyclic amines) is 1.